The van der Waals surface area contributed by atoms with Gasteiger partial charge in [0, 0.05) is 12.5 Å². The Morgan fingerprint density at radius 1 is 1.25 bits per heavy atom. The van der Waals surface area contributed by atoms with Gasteiger partial charge in [-0.3, -0.25) is 9.59 Å². The van der Waals surface area contributed by atoms with E-state index >= 15 is 0 Å². The number of Topliss-reactive ketones (excluding diaryl/α,β-unsaturated/α-hetero) is 1. The van der Waals surface area contributed by atoms with Crippen molar-refractivity contribution in [2.75, 3.05) is 6.54 Å². The van der Waals surface area contributed by atoms with Crippen LogP contribution in [-0.4, -0.2) is 41.0 Å². The summed E-state index contributed by atoms with van der Waals surface area (Å²) in [7, 11) is 0. The number of carboxylic acid groups (broad SMARTS) is 1. The number of carbonyl (C=O) groups excluding carboxylic acids is 1. The number of carbonyl (C=O) groups is 2. The van der Waals surface area contributed by atoms with E-state index in [1.165, 1.54) is 0 Å². The molecule has 0 spiro atoms. The maximum Gasteiger partial charge on any atom is 0.303 e. The highest BCUT2D eigenvalue weighted by atomic mass is 16.4. The van der Waals surface area contributed by atoms with Crippen LogP contribution in [0.1, 0.15) is 60.3 Å². The summed E-state index contributed by atoms with van der Waals surface area (Å²) in [5.74, 6) is -0.839. The molecule has 118 valence electrons. The molecule has 0 aliphatic rings. The molecule has 0 aromatic heterocycles. The Morgan fingerprint density at radius 3 is 2.30 bits per heavy atom. The summed E-state index contributed by atoms with van der Waals surface area (Å²) in [5.41, 5.74) is -0.639. The second-order valence-corrected chi connectivity index (χ2v) is 6.08. The minimum absolute atomic E-state index is 0.00116. The van der Waals surface area contributed by atoms with Crippen LogP contribution in [0.25, 0.3) is 0 Å². The molecule has 0 bridgehead atoms. The zero-order valence-electron chi connectivity index (χ0n) is 13.5. The highest BCUT2D eigenvalue weighted by Gasteiger charge is 2.33. The van der Waals surface area contributed by atoms with Gasteiger partial charge in [0.2, 0.25) is 0 Å². The topological polar surface area (TPSA) is 78.4 Å². The number of rotatable bonds is 11. The molecule has 0 aliphatic heterocycles. The highest BCUT2D eigenvalue weighted by Crippen LogP contribution is 2.12. The predicted octanol–water partition coefficient (Wildman–Crippen LogP) is 1.96. The molecule has 0 aliphatic carbocycles. The van der Waals surface area contributed by atoms with Crippen LogP contribution >= 0.6 is 0 Å². The first-order chi connectivity index (χ1) is 9.20. The lowest BCUT2D eigenvalue weighted by molar-refractivity contribution is -0.137. The molecule has 0 unspecified atom stereocenters. The van der Waals surface area contributed by atoms with Crippen molar-refractivity contribution in [3.63, 3.8) is 0 Å². The van der Waals surface area contributed by atoms with Gasteiger partial charge in [-0.2, -0.15) is 0 Å². The molecule has 5 nitrogen and oxygen atoms in total. The number of hydrogen-bond acceptors (Lipinski definition) is 4. The normalized spacial score (nSPS) is 13.5. The van der Waals surface area contributed by atoms with Gasteiger partial charge in [-0.1, -0.05) is 27.2 Å². The number of unbranched alkanes of at least 4 members (excludes halogenated alkanes) is 1. The Bertz CT molecular complexity index is 314. The lowest BCUT2D eigenvalue weighted by atomic mass is 9.90. The van der Waals surface area contributed by atoms with E-state index in [-0.39, 0.29) is 18.2 Å². The van der Waals surface area contributed by atoms with E-state index in [1.807, 2.05) is 27.7 Å². The first-order valence-electron chi connectivity index (χ1n) is 7.48. The fraction of sp³-hybridized carbons (Fsp3) is 0.867. The van der Waals surface area contributed by atoms with Gasteiger partial charge in [-0.05, 0) is 33.2 Å². The molecule has 0 aromatic carbocycles. The van der Waals surface area contributed by atoms with Gasteiger partial charge in [-0.15, -0.1) is 0 Å². The van der Waals surface area contributed by atoms with Crippen molar-refractivity contribution in [3.05, 3.63) is 0 Å². The van der Waals surface area contributed by atoms with Crippen molar-refractivity contribution >= 4 is 11.8 Å². The summed E-state index contributed by atoms with van der Waals surface area (Å²) in [6.07, 6.45) is 2.42. The molecule has 0 saturated carbocycles. The molecule has 0 amide bonds. The molecule has 1 atom stereocenters. The van der Waals surface area contributed by atoms with E-state index in [9.17, 15) is 9.59 Å². The minimum Gasteiger partial charge on any atom is -0.481 e. The third kappa shape index (κ3) is 7.60. The van der Waals surface area contributed by atoms with Gasteiger partial charge < -0.3 is 15.7 Å². The number of carboxylic acids is 1. The molecular formula is C15H30N2O3. The number of hydrogen-bond donors (Lipinski definition) is 3. The fourth-order valence-corrected chi connectivity index (χ4v) is 2.06. The van der Waals surface area contributed by atoms with Crippen molar-refractivity contribution in [1.82, 2.24) is 10.6 Å². The zero-order chi connectivity index (χ0) is 15.8. The maximum absolute atomic E-state index is 12.6. The van der Waals surface area contributed by atoms with E-state index in [2.05, 4.69) is 17.6 Å². The summed E-state index contributed by atoms with van der Waals surface area (Å²) in [5, 5.41) is 15.2. The third-order valence-corrected chi connectivity index (χ3v) is 3.21. The van der Waals surface area contributed by atoms with Crippen LogP contribution in [-0.2, 0) is 9.59 Å². The van der Waals surface area contributed by atoms with Crippen molar-refractivity contribution in [3.8, 4) is 0 Å². The highest BCUT2D eigenvalue weighted by molar-refractivity contribution is 5.92. The summed E-state index contributed by atoms with van der Waals surface area (Å²) < 4.78 is 0. The lowest BCUT2D eigenvalue weighted by Crippen LogP contribution is -2.56. The first kappa shape index (κ1) is 19.1. The summed E-state index contributed by atoms with van der Waals surface area (Å²) in [4.78, 5) is 23.3. The van der Waals surface area contributed by atoms with Gasteiger partial charge in [0.15, 0.2) is 5.78 Å². The summed E-state index contributed by atoms with van der Waals surface area (Å²) in [6, 6.07) is -0.278. The first-order valence-corrected chi connectivity index (χ1v) is 7.48. The molecule has 0 heterocycles. The van der Waals surface area contributed by atoms with Crippen LogP contribution in [0.5, 0.6) is 0 Å². The van der Waals surface area contributed by atoms with Gasteiger partial charge >= 0.3 is 5.97 Å². The van der Waals surface area contributed by atoms with E-state index in [0.29, 0.717) is 6.42 Å². The molecule has 0 rings (SSSR count). The van der Waals surface area contributed by atoms with Gasteiger partial charge in [0.1, 0.15) is 0 Å². The van der Waals surface area contributed by atoms with Crippen molar-refractivity contribution in [1.29, 1.82) is 0 Å². The van der Waals surface area contributed by atoms with E-state index in [0.717, 1.165) is 19.4 Å². The SMILES string of the molecule is CCCCNC(C)(C)C(=O)[C@H](CCC(=O)O)NC(C)C. The van der Waals surface area contributed by atoms with Crippen LogP contribution in [0.2, 0.25) is 0 Å². The average Bonchev–Trinajstić information content (AvgIpc) is 2.33. The molecular weight excluding hydrogens is 256 g/mol. The number of nitrogens with one attached hydrogen (secondary N) is 2. The molecule has 0 radical (unpaired) electrons. The van der Waals surface area contributed by atoms with E-state index in [1.54, 1.807) is 0 Å². The van der Waals surface area contributed by atoms with E-state index in [4.69, 9.17) is 5.11 Å². The average molecular weight is 286 g/mol. The van der Waals surface area contributed by atoms with Crippen LogP contribution in [0.15, 0.2) is 0 Å². The third-order valence-electron chi connectivity index (χ3n) is 3.21. The van der Waals surface area contributed by atoms with Crippen LogP contribution in [0.4, 0.5) is 0 Å². The quantitative estimate of drug-likeness (QED) is 0.506. The lowest BCUT2D eigenvalue weighted by Gasteiger charge is -2.31. The second kappa shape index (κ2) is 9.08. The molecule has 0 saturated heterocycles. The van der Waals surface area contributed by atoms with E-state index < -0.39 is 17.6 Å². The Hall–Kier alpha value is -0.940. The standard InChI is InChI=1S/C15H30N2O3/c1-6-7-10-16-15(4,5)14(20)12(17-11(2)3)8-9-13(18)19/h11-12,16-17H,6-10H2,1-5H3,(H,18,19)/t12-/m0/s1. The number of ketones is 1. The van der Waals surface area contributed by atoms with Crippen molar-refractivity contribution < 1.29 is 14.7 Å². The van der Waals surface area contributed by atoms with Gasteiger partial charge in [0.25, 0.3) is 0 Å². The van der Waals surface area contributed by atoms with Gasteiger partial charge in [-0.25, -0.2) is 0 Å². The predicted molar refractivity (Wildman–Crippen MR) is 80.9 cm³/mol. The molecule has 20 heavy (non-hydrogen) atoms. The molecule has 3 N–H and O–H groups in total. The zero-order valence-corrected chi connectivity index (χ0v) is 13.5. The Morgan fingerprint density at radius 2 is 1.85 bits per heavy atom. The monoisotopic (exact) mass is 286 g/mol. The summed E-state index contributed by atoms with van der Waals surface area (Å²) in [6.45, 7) is 10.5. The largest absolute Gasteiger partial charge is 0.481 e. The van der Waals surface area contributed by atoms with Gasteiger partial charge in [0.05, 0.1) is 11.6 Å². The fourth-order valence-electron chi connectivity index (χ4n) is 2.06. The Labute approximate surface area is 122 Å². The second-order valence-electron chi connectivity index (χ2n) is 6.08. The Kier molecular flexibility index (Phi) is 8.65. The van der Waals surface area contributed by atoms with Crippen LogP contribution < -0.4 is 10.6 Å². The Balaban J connectivity index is 4.68. The van der Waals surface area contributed by atoms with Crippen molar-refractivity contribution in [2.45, 2.75) is 77.9 Å². The summed E-state index contributed by atoms with van der Waals surface area (Å²) >= 11 is 0. The maximum atomic E-state index is 12.6. The van der Waals surface area contributed by atoms with Crippen LogP contribution in [0, 0.1) is 0 Å². The smallest absolute Gasteiger partial charge is 0.303 e. The molecule has 5 heteroatoms. The van der Waals surface area contributed by atoms with Crippen molar-refractivity contribution in [2.24, 2.45) is 0 Å². The number of aliphatic carboxylic acids is 1. The molecule has 0 fully saturated rings. The molecule has 0 aromatic rings. The van der Waals surface area contributed by atoms with Crippen LogP contribution in [0.3, 0.4) is 0 Å². The minimum atomic E-state index is -0.870.